The number of anilines is 1. The van der Waals surface area contributed by atoms with E-state index in [1.54, 1.807) is 6.20 Å². The molecule has 0 aromatic carbocycles. The topological polar surface area (TPSA) is 58.0 Å². The molecule has 0 aliphatic heterocycles. The van der Waals surface area contributed by atoms with Crippen molar-refractivity contribution >= 4 is 5.95 Å². The van der Waals surface area contributed by atoms with Crippen LogP contribution in [0.25, 0.3) is 0 Å². The molecule has 0 fully saturated rings. The van der Waals surface area contributed by atoms with Crippen molar-refractivity contribution < 1.29 is 5.11 Å². The van der Waals surface area contributed by atoms with E-state index < -0.39 is 0 Å². The lowest BCUT2D eigenvalue weighted by molar-refractivity contribution is 0.282. The minimum atomic E-state index is 0.180. The summed E-state index contributed by atoms with van der Waals surface area (Å²) in [6.45, 7) is 6.11. The second kappa shape index (κ2) is 4.91. The van der Waals surface area contributed by atoms with E-state index in [4.69, 9.17) is 5.11 Å². The van der Waals surface area contributed by atoms with Crippen LogP contribution in [0.3, 0.4) is 0 Å². The number of nitrogens with zero attached hydrogens (tertiary/aromatic N) is 2. The number of aryl methyl sites for hydroxylation is 2. The van der Waals surface area contributed by atoms with Crippen LogP contribution >= 0.6 is 0 Å². The Hall–Kier alpha value is -1.16. The summed E-state index contributed by atoms with van der Waals surface area (Å²) in [5, 5.41) is 11.9. The summed E-state index contributed by atoms with van der Waals surface area (Å²) < 4.78 is 0. The second-order valence-electron chi connectivity index (χ2n) is 3.52. The maximum atomic E-state index is 8.73. The van der Waals surface area contributed by atoms with Gasteiger partial charge in [0.25, 0.3) is 0 Å². The van der Waals surface area contributed by atoms with E-state index in [2.05, 4.69) is 15.3 Å². The van der Waals surface area contributed by atoms with Gasteiger partial charge in [0.15, 0.2) is 0 Å². The van der Waals surface area contributed by atoms with Crippen LogP contribution in [0.1, 0.15) is 24.6 Å². The molecule has 0 saturated heterocycles. The molecule has 78 valence electrons. The third kappa shape index (κ3) is 2.96. The van der Waals surface area contributed by atoms with Crippen LogP contribution in [0.2, 0.25) is 0 Å². The molecule has 1 rings (SSSR count). The molecule has 0 radical (unpaired) electrons. The fourth-order valence-electron chi connectivity index (χ4n) is 1.08. The zero-order valence-corrected chi connectivity index (χ0v) is 8.91. The fraction of sp³-hybridized carbons (Fsp3) is 0.600. The summed E-state index contributed by atoms with van der Waals surface area (Å²) in [5.74, 6) is 0.633. The second-order valence-corrected chi connectivity index (χ2v) is 3.52. The van der Waals surface area contributed by atoms with Gasteiger partial charge in [0.05, 0.1) is 0 Å². The number of hydrogen-bond acceptors (Lipinski definition) is 4. The molecular formula is C10H17N3O. The number of hydrogen-bond donors (Lipinski definition) is 2. The zero-order valence-electron chi connectivity index (χ0n) is 8.91. The molecular weight excluding hydrogens is 178 g/mol. The Balaban J connectivity index is 2.63. The summed E-state index contributed by atoms with van der Waals surface area (Å²) in [7, 11) is 0. The van der Waals surface area contributed by atoms with Gasteiger partial charge in [0.2, 0.25) is 5.95 Å². The van der Waals surface area contributed by atoms with E-state index in [1.165, 1.54) is 0 Å². The average Bonchev–Trinajstić information content (AvgIpc) is 2.12. The van der Waals surface area contributed by atoms with Gasteiger partial charge in [-0.25, -0.2) is 9.97 Å². The van der Waals surface area contributed by atoms with E-state index in [1.807, 2.05) is 20.8 Å². The van der Waals surface area contributed by atoms with E-state index in [0.717, 1.165) is 11.3 Å². The maximum Gasteiger partial charge on any atom is 0.223 e. The standard InChI is InChI=1S/C10H17N3O/c1-7-6-11-10(13-9(7)3)12-8(2)4-5-14/h6,8,14H,4-5H2,1-3H3,(H,11,12,13). The third-order valence-corrected chi connectivity index (χ3v) is 2.16. The quantitative estimate of drug-likeness (QED) is 0.759. The molecule has 1 unspecified atom stereocenters. The third-order valence-electron chi connectivity index (χ3n) is 2.16. The van der Waals surface area contributed by atoms with Crippen LogP contribution in [0.4, 0.5) is 5.95 Å². The van der Waals surface area contributed by atoms with Gasteiger partial charge in [-0.05, 0) is 32.8 Å². The largest absolute Gasteiger partial charge is 0.396 e. The lowest BCUT2D eigenvalue weighted by Crippen LogP contribution is -2.18. The number of nitrogens with one attached hydrogen (secondary N) is 1. The summed E-state index contributed by atoms with van der Waals surface area (Å²) >= 11 is 0. The Kier molecular flexibility index (Phi) is 3.83. The van der Waals surface area contributed by atoms with Crippen molar-refractivity contribution in [2.45, 2.75) is 33.2 Å². The lowest BCUT2D eigenvalue weighted by Gasteiger charge is -2.12. The predicted molar refractivity (Wildman–Crippen MR) is 56.3 cm³/mol. The molecule has 0 spiro atoms. The highest BCUT2D eigenvalue weighted by molar-refractivity contribution is 5.29. The van der Waals surface area contributed by atoms with E-state index in [-0.39, 0.29) is 12.6 Å². The van der Waals surface area contributed by atoms with Crippen molar-refractivity contribution in [3.05, 3.63) is 17.5 Å². The monoisotopic (exact) mass is 195 g/mol. The molecule has 14 heavy (non-hydrogen) atoms. The minimum Gasteiger partial charge on any atom is -0.396 e. The Morgan fingerprint density at radius 1 is 1.50 bits per heavy atom. The first kappa shape index (κ1) is 10.9. The van der Waals surface area contributed by atoms with Crippen molar-refractivity contribution in [1.29, 1.82) is 0 Å². The van der Waals surface area contributed by atoms with Gasteiger partial charge in [0.1, 0.15) is 0 Å². The van der Waals surface area contributed by atoms with Crippen molar-refractivity contribution in [1.82, 2.24) is 9.97 Å². The summed E-state index contributed by atoms with van der Waals surface area (Å²) in [6.07, 6.45) is 2.51. The average molecular weight is 195 g/mol. The molecule has 0 aliphatic carbocycles. The zero-order chi connectivity index (χ0) is 10.6. The molecule has 1 aromatic heterocycles. The molecule has 2 N–H and O–H groups in total. The maximum absolute atomic E-state index is 8.73. The van der Waals surface area contributed by atoms with Gasteiger partial charge in [-0.15, -0.1) is 0 Å². The Morgan fingerprint density at radius 2 is 2.21 bits per heavy atom. The summed E-state index contributed by atoms with van der Waals surface area (Å²) in [4.78, 5) is 8.45. The van der Waals surface area contributed by atoms with Crippen LogP contribution in [-0.4, -0.2) is 27.7 Å². The minimum absolute atomic E-state index is 0.180. The van der Waals surface area contributed by atoms with Gasteiger partial charge in [-0.3, -0.25) is 0 Å². The molecule has 1 heterocycles. The number of aromatic nitrogens is 2. The highest BCUT2D eigenvalue weighted by Gasteiger charge is 2.04. The van der Waals surface area contributed by atoms with Crippen LogP contribution in [-0.2, 0) is 0 Å². The van der Waals surface area contributed by atoms with Crippen molar-refractivity contribution in [2.24, 2.45) is 0 Å². The molecule has 0 bridgehead atoms. The molecule has 0 amide bonds. The number of aliphatic hydroxyl groups is 1. The van der Waals surface area contributed by atoms with E-state index >= 15 is 0 Å². The van der Waals surface area contributed by atoms with Crippen LogP contribution in [0.15, 0.2) is 6.20 Å². The molecule has 0 saturated carbocycles. The number of aliphatic hydroxyl groups excluding tert-OH is 1. The first-order valence-electron chi connectivity index (χ1n) is 4.81. The molecule has 1 aromatic rings. The normalized spacial score (nSPS) is 12.6. The van der Waals surface area contributed by atoms with Crippen molar-refractivity contribution in [2.75, 3.05) is 11.9 Å². The van der Waals surface area contributed by atoms with Gasteiger partial charge >= 0.3 is 0 Å². The first-order chi connectivity index (χ1) is 6.63. The Labute approximate surface area is 84.4 Å². The molecule has 1 atom stereocenters. The smallest absolute Gasteiger partial charge is 0.223 e. The van der Waals surface area contributed by atoms with Gasteiger partial charge < -0.3 is 10.4 Å². The lowest BCUT2D eigenvalue weighted by atomic mass is 10.2. The Morgan fingerprint density at radius 3 is 2.79 bits per heavy atom. The van der Waals surface area contributed by atoms with Crippen molar-refractivity contribution in [3.63, 3.8) is 0 Å². The van der Waals surface area contributed by atoms with Gasteiger partial charge in [-0.2, -0.15) is 0 Å². The highest BCUT2D eigenvalue weighted by Crippen LogP contribution is 2.07. The summed E-state index contributed by atoms with van der Waals surface area (Å²) in [5.41, 5.74) is 2.07. The van der Waals surface area contributed by atoms with Crippen molar-refractivity contribution in [3.8, 4) is 0 Å². The van der Waals surface area contributed by atoms with Crippen LogP contribution < -0.4 is 5.32 Å². The van der Waals surface area contributed by atoms with E-state index in [0.29, 0.717) is 12.4 Å². The fourth-order valence-corrected chi connectivity index (χ4v) is 1.08. The van der Waals surface area contributed by atoms with Crippen LogP contribution in [0, 0.1) is 13.8 Å². The predicted octanol–water partition coefficient (Wildman–Crippen LogP) is 1.28. The first-order valence-corrected chi connectivity index (χ1v) is 4.81. The molecule has 0 aliphatic rings. The Bertz CT molecular complexity index is 301. The van der Waals surface area contributed by atoms with Crippen LogP contribution in [0.5, 0.6) is 0 Å². The molecule has 4 heteroatoms. The van der Waals surface area contributed by atoms with Gasteiger partial charge in [-0.1, -0.05) is 0 Å². The highest BCUT2D eigenvalue weighted by atomic mass is 16.3. The SMILES string of the molecule is Cc1cnc(NC(C)CCO)nc1C. The summed E-state index contributed by atoms with van der Waals surface area (Å²) in [6, 6.07) is 0.196. The van der Waals surface area contributed by atoms with Gasteiger partial charge in [0, 0.05) is 24.5 Å². The number of rotatable bonds is 4. The van der Waals surface area contributed by atoms with E-state index in [9.17, 15) is 0 Å². The molecule has 4 nitrogen and oxygen atoms in total.